The SMILES string of the molecule is COc1ccc(Cl)cc1NC(=O)C(C)OC(=O)c1ccc2ccccc2c1O. The lowest BCUT2D eigenvalue weighted by Gasteiger charge is -2.16. The van der Waals surface area contributed by atoms with Crippen molar-refractivity contribution >= 4 is 39.9 Å². The molecule has 0 fully saturated rings. The van der Waals surface area contributed by atoms with E-state index in [1.54, 1.807) is 30.3 Å². The molecule has 0 aliphatic carbocycles. The topological polar surface area (TPSA) is 84.9 Å². The Balaban J connectivity index is 1.75. The largest absolute Gasteiger partial charge is 0.506 e. The molecule has 0 saturated carbocycles. The third kappa shape index (κ3) is 4.02. The highest BCUT2D eigenvalue weighted by molar-refractivity contribution is 6.31. The summed E-state index contributed by atoms with van der Waals surface area (Å²) in [6.07, 6.45) is -1.11. The van der Waals surface area contributed by atoms with Crippen LogP contribution in [0.3, 0.4) is 0 Å². The fraction of sp³-hybridized carbons (Fsp3) is 0.143. The van der Waals surface area contributed by atoms with Crippen molar-refractivity contribution in [1.82, 2.24) is 0 Å². The highest BCUT2D eigenvalue weighted by atomic mass is 35.5. The summed E-state index contributed by atoms with van der Waals surface area (Å²) in [5.74, 6) is -1.13. The zero-order valence-corrected chi connectivity index (χ0v) is 16.0. The van der Waals surface area contributed by atoms with Gasteiger partial charge in [0.05, 0.1) is 12.8 Å². The summed E-state index contributed by atoms with van der Waals surface area (Å²) in [6, 6.07) is 15.0. The van der Waals surface area contributed by atoms with Gasteiger partial charge in [0.2, 0.25) is 0 Å². The molecule has 0 aromatic heterocycles. The lowest BCUT2D eigenvalue weighted by atomic mass is 10.1. The number of halogens is 1. The molecule has 3 aromatic carbocycles. The summed E-state index contributed by atoms with van der Waals surface area (Å²) in [5, 5.41) is 14.7. The fourth-order valence-electron chi connectivity index (χ4n) is 2.71. The Kier molecular flexibility index (Phi) is 5.70. The number of phenols is 1. The van der Waals surface area contributed by atoms with Gasteiger partial charge in [0.25, 0.3) is 5.91 Å². The second-order valence-electron chi connectivity index (χ2n) is 6.06. The number of hydrogen-bond donors (Lipinski definition) is 2. The van der Waals surface area contributed by atoms with E-state index in [0.29, 0.717) is 21.8 Å². The maximum Gasteiger partial charge on any atom is 0.342 e. The summed E-state index contributed by atoms with van der Waals surface area (Å²) in [5.41, 5.74) is 0.343. The van der Waals surface area contributed by atoms with Gasteiger partial charge in [0.15, 0.2) is 6.10 Å². The number of phenolic OH excluding ortho intramolecular Hbond substituents is 1. The standard InChI is InChI=1S/C21H18ClNO5/c1-12(20(25)23-17-11-14(22)8-10-18(17)27-2)28-21(26)16-9-7-13-5-3-4-6-15(13)19(16)24/h3-12,24H,1-2H3,(H,23,25). The first-order chi connectivity index (χ1) is 13.4. The number of methoxy groups -OCH3 is 1. The first-order valence-corrected chi connectivity index (χ1v) is 8.84. The molecule has 6 nitrogen and oxygen atoms in total. The summed E-state index contributed by atoms with van der Waals surface area (Å²) in [6.45, 7) is 1.43. The van der Waals surface area contributed by atoms with Crippen LogP contribution >= 0.6 is 11.6 Å². The van der Waals surface area contributed by atoms with Crippen molar-refractivity contribution in [3.63, 3.8) is 0 Å². The number of hydrogen-bond acceptors (Lipinski definition) is 5. The average Bonchev–Trinajstić information content (AvgIpc) is 2.68. The van der Waals surface area contributed by atoms with Gasteiger partial charge in [-0.1, -0.05) is 41.9 Å². The van der Waals surface area contributed by atoms with E-state index in [2.05, 4.69) is 5.32 Å². The Morgan fingerprint density at radius 1 is 1.11 bits per heavy atom. The fourth-order valence-corrected chi connectivity index (χ4v) is 2.88. The Hall–Kier alpha value is -3.25. The molecule has 2 N–H and O–H groups in total. The number of esters is 1. The van der Waals surface area contributed by atoms with E-state index < -0.39 is 18.0 Å². The molecule has 1 amide bonds. The molecular weight excluding hydrogens is 382 g/mol. The zero-order valence-electron chi connectivity index (χ0n) is 15.2. The number of nitrogens with one attached hydrogen (secondary N) is 1. The van der Waals surface area contributed by atoms with Crippen LogP contribution in [-0.4, -0.2) is 30.2 Å². The minimum atomic E-state index is -1.11. The number of rotatable bonds is 5. The van der Waals surface area contributed by atoms with Crippen molar-refractivity contribution in [2.45, 2.75) is 13.0 Å². The van der Waals surface area contributed by atoms with Gasteiger partial charge in [-0.3, -0.25) is 4.79 Å². The van der Waals surface area contributed by atoms with Crippen molar-refractivity contribution in [3.8, 4) is 11.5 Å². The van der Waals surface area contributed by atoms with Crippen LogP contribution in [0.5, 0.6) is 11.5 Å². The van der Waals surface area contributed by atoms with Gasteiger partial charge < -0.3 is 19.9 Å². The highest BCUT2D eigenvalue weighted by Gasteiger charge is 2.22. The number of fused-ring (bicyclic) bond motifs is 1. The van der Waals surface area contributed by atoms with E-state index in [-0.39, 0.29) is 11.3 Å². The monoisotopic (exact) mass is 399 g/mol. The smallest absolute Gasteiger partial charge is 0.342 e. The molecule has 28 heavy (non-hydrogen) atoms. The lowest BCUT2D eigenvalue weighted by molar-refractivity contribution is -0.123. The van der Waals surface area contributed by atoms with Crippen LogP contribution < -0.4 is 10.1 Å². The quantitative estimate of drug-likeness (QED) is 0.621. The molecule has 3 rings (SSSR count). The van der Waals surface area contributed by atoms with Gasteiger partial charge >= 0.3 is 5.97 Å². The van der Waals surface area contributed by atoms with Gasteiger partial charge in [0, 0.05) is 10.4 Å². The Morgan fingerprint density at radius 2 is 1.86 bits per heavy atom. The lowest BCUT2D eigenvalue weighted by Crippen LogP contribution is -2.30. The van der Waals surface area contributed by atoms with Crippen molar-refractivity contribution in [2.24, 2.45) is 0 Å². The maximum atomic E-state index is 12.4. The molecular formula is C21H18ClNO5. The molecule has 1 atom stereocenters. The van der Waals surface area contributed by atoms with Crippen LogP contribution in [0.15, 0.2) is 54.6 Å². The second kappa shape index (κ2) is 8.19. The molecule has 0 aliphatic rings. The molecule has 1 unspecified atom stereocenters. The van der Waals surface area contributed by atoms with E-state index in [4.69, 9.17) is 21.1 Å². The number of amides is 1. The first kappa shape index (κ1) is 19.5. The Morgan fingerprint density at radius 3 is 2.61 bits per heavy atom. The predicted octanol–water partition coefficient (Wildman–Crippen LogP) is 4.39. The molecule has 0 spiro atoms. The third-order valence-electron chi connectivity index (χ3n) is 4.19. The summed E-state index contributed by atoms with van der Waals surface area (Å²) < 4.78 is 10.4. The molecule has 0 saturated heterocycles. The van der Waals surface area contributed by atoms with E-state index in [0.717, 1.165) is 5.39 Å². The molecule has 3 aromatic rings. The van der Waals surface area contributed by atoms with Gasteiger partial charge in [-0.05, 0) is 36.6 Å². The van der Waals surface area contributed by atoms with Crippen LogP contribution in [0.1, 0.15) is 17.3 Å². The van der Waals surface area contributed by atoms with Gasteiger partial charge in [0.1, 0.15) is 17.1 Å². The minimum absolute atomic E-state index is 0.0151. The molecule has 144 valence electrons. The normalized spacial score (nSPS) is 11.7. The molecule has 0 radical (unpaired) electrons. The van der Waals surface area contributed by atoms with Gasteiger partial charge in [-0.15, -0.1) is 0 Å². The van der Waals surface area contributed by atoms with E-state index in [9.17, 15) is 14.7 Å². The molecule has 0 heterocycles. The van der Waals surface area contributed by atoms with E-state index in [1.807, 2.05) is 12.1 Å². The third-order valence-corrected chi connectivity index (χ3v) is 4.43. The summed E-state index contributed by atoms with van der Waals surface area (Å²) in [4.78, 5) is 24.9. The molecule has 0 aliphatic heterocycles. The second-order valence-corrected chi connectivity index (χ2v) is 6.50. The minimum Gasteiger partial charge on any atom is -0.506 e. The summed E-state index contributed by atoms with van der Waals surface area (Å²) in [7, 11) is 1.46. The number of carbonyl (C=O) groups excluding carboxylic acids is 2. The molecule has 7 heteroatoms. The van der Waals surface area contributed by atoms with Crippen LogP contribution in [0.25, 0.3) is 10.8 Å². The highest BCUT2D eigenvalue weighted by Crippen LogP contribution is 2.30. The maximum absolute atomic E-state index is 12.4. The van der Waals surface area contributed by atoms with Crippen LogP contribution in [0.2, 0.25) is 5.02 Å². The number of benzene rings is 3. The Labute approximate surface area is 166 Å². The Bertz CT molecular complexity index is 1050. The first-order valence-electron chi connectivity index (χ1n) is 8.47. The van der Waals surface area contributed by atoms with Crippen LogP contribution in [-0.2, 0) is 9.53 Å². The summed E-state index contributed by atoms with van der Waals surface area (Å²) >= 11 is 5.95. The van der Waals surface area contributed by atoms with E-state index in [1.165, 1.54) is 26.2 Å². The zero-order chi connectivity index (χ0) is 20.3. The van der Waals surface area contributed by atoms with Gasteiger partial charge in [-0.25, -0.2) is 4.79 Å². The number of aromatic hydroxyl groups is 1. The van der Waals surface area contributed by atoms with Crippen molar-refractivity contribution in [1.29, 1.82) is 0 Å². The van der Waals surface area contributed by atoms with Crippen molar-refractivity contribution in [3.05, 3.63) is 65.2 Å². The number of carbonyl (C=O) groups is 2. The molecule has 0 bridgehead atoms. The van der Waals surface area contributed by atoms with Crippen LogP contribution in [0, 0.1) is 0 Å². The van der Waals surface area contributed by atoms with Crippen LogP contribution in [0.4, 0.5) is 5.69 Å². The predicted molar refractivity (Wildman–Crippen MR) is 107 cm³/mol. The van der Waals surface area contributed by atoms with Crippen molar-refractivity contribution in [2.75, 3.05) is 12.4 Å². The van der Waals surface area contributed by atoms with E-state index >= 15 is 0 Å². The average molecular weight is 400 g/mol. The van der Waals surface area contributed by atoms with Crippen molar-refractivity contribution < 1.29 is 24.2 Å². The van der Waals surface area contributed by atoms with Gasteiger partial charge in [-0.2, -0.15) is 0 Å². The number of ether oxygens (including phenoxy) is 2. The number of anilines is 1.